The number of aliphatic hydroxyl groups excluding tert-OH is 1. The summed E-state index contributed by atoms with van der Waals surface area (Å²) in [5.74, 6) is -0.920. The fourth-order valence-corrected chi connectivity index (χ4v) is 1.41. The Morgan fingerprint density at radius 1 is 1.19 bits per heavy atom. The Balaban J connectivity index is 2.67. The first-order chi connectivity index (χ1) is 7.52. The fraction of sp³-hybridized carbons (Fsp3) is 0.462. The third kappa shape index (κ3) is 3.35. The van der Waals surface area contributed by atoms with Crippen LogP contribution in [0.1, 0.15) is 32.4 Å². The van der Waals surface area contributed by atoms with Crippen LogP contribution in [-0.4, -0.2) is 17.2 Å². The van der Waals surface area contributed by atoms with Crippen molar-refractivity contribution in [1.82, 2.24) is 0 Å². The molecule has 0 bridgehead atoms. The summed E-state index contributed by atoms with van der Waals surface area (Å²) in [4.78, 5) is 11.6. The average Bonchev–Trinajstić information content (AvgIpc) is 2.27. The molecule has 0 aromatic heterocycles. The molecule has 0 aliphatic heterocycles. The maximum absolute atomic E-state index is 11.6. The normalized spacial score (nSPS) is 14.6. The number of hydrogen-bond donors (Lipinski definition) is 1. The van der Waals surface area contributed by atoms with Gasteiger partial charge in [-0.15, -0.1) is 0 Å². The number of rotatable bonds is 4. The molecule has 16 heavy (non-hydrogen) atoms. The zero-order chi connectivity index (χ0) is 12.1. The molecule has 0 saturated heterocycles. The van der Waals surface area contributed by atoms with Gasteiger partial charge in [0.25, 0.3) is 0 Å². The lowest BCUT2D eigenvalue weighted by Gasteiger charge is -2.19. The molecule has 0 aliphatic carbocycles. The van der Waals surface area contributed by atoms with Gasteiger partial charge in [0.1, 0.15) is 0 Å². The van der Waals surface area contributed by atoms with Crippen molar-refractivity contribution in [3.63, 3.8) is 0 Å². The van der Waals surface area contributed by atoms with Gasteiger partial charge in [-0.05, 0) is 26.3 Å². The van der Waals surface area contributed by atoms with Crippen molar-refractivity contribution >= 4 is 5.97 Å². The molecule has 0 spiro atoms. The van der Waals surface area contributed by atoms with Gasteiger partial charge in [0.2, 0.25) is 0 Å². The molecule has 0 fully saturated rings. The molecule has 88 valence electrons. The van der Waals surface area contributed by atoms with Crippen LogP contribution in [0.4, 0.5) is 0 Å². The lowest BCUT2D eigenvalue weighted by atomic mass is 9.98. The number of ether oxygens (including phenoxy) is 1. The molecule has 1 N–H and O–H groups in total. The molecule has 0 unspecified atom stereocenters. The smallest absolute Gasteiger partial charge is 0.311 e. The van der Waals surface area contributed by atoms with E-state index in [-0.39, 0.29) is 12.1 Å². The van der Waals surface area contributed by atoms with Gasteiger partial charge in [0, 0.05) is 0 Å². The van der Waals surface area contributed by atoms with Gasteiger partial charge in [0.05, 0.1) is 18.1 Å². The monoisotopic (exact) mass is 222 g/mol. The second-order valence-corrected chi connectivity index (χ2v) is 4.13. The number of carbonyl (C=O) groups excluding carboxylic acids is 1. The van der Waals surface area contributed by atoms with Crippen LogP contribution in [0.5, 0.6) is 0 Å². The fourth-order valence-electron chi connectivity index (χ4n) is 1.41. The van der Waals surface area contributed by atoms with Crippen LogP contribution < -0.4 is 0 Å². The SMILES string of the molecule is CC(C)OC(=O)[C@@H](C)[C@@H](O)c1ccccc1. The van der Waals surface area contributed by atoms with Crippen molar-refractivity contribution in [1.29, 1.82) is 0 Å². The predicted octanol–water partition coefficient (Wildman–Crippen LogP) is 2.31. The topological polar surface area (TPSA) is 46.5 Å². The second kappa shape index (κ2) is 5.66. The highest BCUT2D eigenvalue weighted by molar-refractivity contribution is 5.73. The van der Waals surface area contributed by atoms with Crippen LogP contribution in [0, 0.1) is 5.92 Å². The average molecular weight is 222 g/mol. The highest BCUT2D eigenvalue weighted by Crippen LogP contribution is 2.22. The van der Waals surface area contributed by atoms with Crippen LogP contribution in [-0.2, 0) is 9.53 Å². The Morgan fingerprint density at radius 3 is 2.25 bits per heavy atom. The van der Waals surface area contributed by atoms with E-state index in [0.29, 0.717) is 0 Å². The minimum Gasteiger partial charge on any atom is -0.463 e. The Morgan fingerprint density at radius 2 is 1.75 bits per heavy atom. The minimum absolute atomic E-state index is 0.155. The third-order valence-electron chi connectivity index (χ3n) is 2.34. The molecule has 1 aromatic carbocycles. The van der Waals surface area contributed by atoms with Crippen LogP contribution >= 0.6 is 0 Å². The summed E-state index contributed by atoms with van der Waals surface area (Å²) in [6.45, 7) is 5.25. The molecule has 3 nitrogen and oxygen atoms in total. The van der Waals surface area contributed by atoms with E-state index in [4.69, 9.17) is 4.74 Å². The lowest BCUT2D eigenvalue weighted by molar-refractivity contribution is -0.155. The Hall–Kier alpha value is -1.35. The Bertz CT molecular complexity index is 332. The maximum Gasteiger partial charge on any atom is 0.311 e. The lowest BCUT2D eigenvalue weighted by Crippen LogP contribution is -2.24. The zero-order valence-corrected chi connectivity index (χ0v) is 9.88. The van der Waals surface area contributed by atoms with E-state index >= 15 is 0 Å². The Labute approximate surface area is 96.1 Å². The van der Waals surface area contributed by atoms with Gasteiger partial charge in [-0.3, -0.25) is 4.79 Å². The largest absolute Gasteiger partial charge is 0.463 e. The summed E-state index contributed by atoms with van der Waals surface area (Å²) in [5, 5.41) is 9.97. The summed E-state index contributed by atoms with van der Waals surface area (Å²) < 4.78 is 5.06. The maximum atomic E-state index is 11.6. The molecule has 1 aromatic rings. The summed E-state index contributed by atoms with van der Waals surface area (Å²) >= 11 is 0. The van der Waals surface area contributed by atoms with Gasteiger partial charge in [-0.2, -0.15) is 0 Å². The van der Waals surface area contributed by atoms with Gasteiger partial charge in [0.15, 0.2) is 0 Å². The van der Waals surface area contributed by atoms with E-state index in [2.05, 4.69) is 0 Å². The second-order valence-electron chi connectivity index (χ2n) is 4.13. The van der Waals surface area contributed by atoms with E-state index in [9.17, 15) is 9.90 Å². The number of carbonyl (C=O) groups is 1. The predicted molar refractivity (Wildman–Crippen MR) is 61.8 cm³/mol. The molecule has 0 radical (unpaired) electrons. The number of aliphatic hydroxyl groups is 1. The van der Waals surface area contributed by atoms with Crippen molar-refractivity contribution < 1.29 is 14.6 Å². The van der Waals surface area contributed by atoms with Gasteiger partial charge in [-0.25, -0.2) is 0 Å². The highest BCUT2D eigenvalue weighted by atomic mass is 16.5. The molecule has 3 heteroatoms. The summed E-state index contributed by atoms with van der Waals surface area (Å²) in [6.07, 6.45) is -0.967. The molecular formula is C13H18O3. The van der Waals surface area contributed by atoms with Crippen LogP contribution in [0.25, 0.3) is 0 Å². The number of benzene rings is 1. The molecule has 0 saturated carbocycles. The molecule has 0 aliphatic rings. The Kier molecular flexibility index (Phi) is 4.50. The van der Waals surface area contributed by atoms with E-state index in [1.54, 1.807) is 32.9 Å². The van der Waals surface area contributed by atoms with Crippen LogP contribution in [0.2, 0.25) is 0 Å². The number of esters is 1. The van der Waals surface area contributed by atoms with E-state index in [1.807, 2.05) is 18.2 Å². The standard InChI is InChI=1S/C13H18O3/c1-9(2)16-13(15)10(3)12(14)11-7-5-4-6-8-11/h4-10,12,14H,1-3H3/t10-,12+/m0/s1. The van der Waals surface area contributed by atoms with Crippen molar-refractivity contribution in [2.75, 3.05) is 0 Å². The highest BCUT2D eigenvalue weighted by Gasteiger charge is 2.25. The minimum atomic E-state index is -0.813. The zero-order valence-electron chi connectivity index (χ0n) is 9.88. The first kappa shape index (κ1) is 12.7. The van der Waals surface area contributed by atoms with Crippen molar-refractivity contribution in [2.45, 2.75) is 33.0 Å². The van der Waals surface area contributed by atoms with Crippen LogP contribution in [0.15, 0.2) is 30.3 Å². The molecular weight excluding hydrogens is 204 g/mol. The quantitative estimate of drug-likeness (QED) is 0.795. The summed E-state index contributed by atoms with van der Waals surface area (Å²) in [7, 11) is 0. The molecule has 2 atom stereocenters. The van der Waals surface area contributed by atoms with Gasteiger partial charge < -0.3 is 9.84 Å². The van der Waals surface area contributed by atoms with Crippen LogP contribution in [0.3, 0.4) is 0 Å². The first-order valence-electron chi connectivity index (χ1n) is 5.46. The van der Waals surface area contributed by atoms with Gasteiger partial charge >= 0.3 is 5.97 Å². The number of hydrogen-bond acceptors (Lipinski definition) is 3. The summed E-state index contributed by atoms with van der Waals surface area (Å²) in [6, 6.07) is 9.12. The molecule has 0 amide bonds. The molecule has 0 heterocycles. The summed E-state index contributed by atoms with van der Waals surface area (Å²) in [5.41, 5.74) is 0.732. The van der Waals surface area contributed by atoms with E-state index < -0.39 is 12.0 Å². The van der Waals surface area contributed by atoms with Gasteiger partial charge in [-0.1, -0.05) is 30.3 Å². The first-order valence-corrected chi connectivity index (χ1v) is 5.46. The van der Waals surface area contributed by atoms with E-state index in [1.165, 1.54) is 0 Å². The van der Waals surface area contributed by atoms with E-state index in [0.717, 1.165) is 5.56 Å². The molecule has 1 rings (SSSR count). The van der Waals surface area contributed by atoms with Crippen molar-refractivity contribution in [3.05, 3.63) is 35.9 Å². The third-order valence-corrected chi connectivity index (χ3v) is 2.34. The van der Waals surface area contributed by atoms with Crippen molar-refractivity contribution in [3.8, 4) is 0 Å². The van der Waals surface area contributed by atoms with Crippen molar-refractivity contribution in [2.24, 2.45) is 5.92 Å².